The summed E-state index contributed by atoms with van der Waals surface area (Å²) in [7, 11) is 1.23. The standard InChI is InChI=1S/C22H16ClF6NO2/c1-31-8-32-21-18-14(6-22(21,28)29)11(4-15(25)19(18)23)12-5-16(26)20(27)13-3-10(24)2-9(7-30)17(12)13/h2-4,12,16,20-21H,5-6,8H2,1H3/t12-,16+,20-,21+/m1/s1. The number of benzene rings is 2. The number of hydrogen-bond donors (Lipinski definition) is 0. The number of hydrogen-bond acceptors (Lipinski definition) is 3. The molecule has 0 unspecified atom stereocenters. The molecule has 0 spiro atoms. The van der Waals surface area contributed by atoms with E-state index in [-0.39, 0.29) is 27.8 Å². The van der Waals surface area contributed by atoms with Gasteiger partial charge in [-0.15, -0.1) is 0 Å². The SMILES string of the molecule is COCO[C@H]1c2c(Cl)c(F)cc([C@H]3C[C@H](F)[C@H](F)c4cc(F)cc(C#N)c43)c2CC1(F)F. The van der Waals surface area contributed by atoms with Gasteiger partial charge in [-0.2, -0.15) is 5.26 Å². The lowest BCUT2D eigenvalue weighted by Gasteiger charge is -2.33. The number of halogens is 7. The van der Waals surface area contributed by atoms with Crippen LogP contribution in [0.1, 0.15) is 58.0 Å². The first-order valence-electron chi connectivity index (χ1n) is 9.61. The summed E-state index contributed by atoms with van der Waals surface area (Å²) in [5.74, 6) is -6.64. The van der Waals surface area contributed by atoms with Crippen LogP contribution in [0.4, 0.5) is 26.3 Å². The van der Waals surface area contributed by atoms with Crippen molar-refractivity contribution in [3.63, 3.8) is 0 Å². The van der Waals surface area contributed by atoms with Gasteiger partial charge in [0.1, 0.15) is 24.6 Å². The van der Waals surface area contributed by atoms with E-state index in [0.29, 0.717) is 0 Å². The Balaban J connectivity index is 1.96. The first-order valence-corrected chi connectivity index (χ1v) is 9.99. The second-order valence-electron chi connectivity index (χ2n) is 7.82. The Kier molecular flexibility index (Phi) is 5.90. The maximum atomic E-state index is 14.8. The molecule has 2 aliphatic carbocycles. The Hall–Kier alpha value is -2.28. The highest BCUT2D eigenvalue weighted by Crippen LogP contribution is 2.54. The molecular weight excluding hydrogens is 460 g/mol. The Morgan fingerprint density at radius 3 is 2.53 bits per heavy atom. The fraction of sp³-hybridized carbons (Fsp3) is 0.409. The third-order valence-electron chi connectivity index (χ3n) is 5.91. The summed E-state index contributed by atoms with van der Waals surface area (Å²) in [5, 5.41) is 8.90. The lowest BCUT2D eigenvalue weighted by molar-refractivity contribution is -0.169. The lowest BCUT2D eigenvalue weighted by atomic mass is 9.73. The van der Waals surface area contributed by atoms with E-state index in [1.165, 1.54) is 7.11 Å². The molecular formula is C22H16ClF6NO2. The molecule has 2 aromatic rings. The predicted octanol–water partition coefficient (Wildman–Crippen LogP) is 6.23. The zero-order valence-corrected chi connectivity index (χ0v) is 17.3. The normalized spacial score (nSPS) is 25.8. The van der Waals surface area contributed by atoms with Crippen molar-refractivity contribution in [2.45, 2.75) is 43.1 Å². The molecule has 0 aliphatic heterocycles. The maximum Gasteiger partial charge on any atom is 0.282 e. The van der Waals surface area contributed by atoms with Gasteiger partial charge in [-0.1, -0.05) is 11.6 Å². The molecule has 0 fully saturated rings. The van der Waals surface area contributed by atoms with Gasteiger partial charge in [-0.05, 0) is 46.9 Å². The molecule has 3 nitrogen and oxygen atoms in total. The maximum absolute atomic E-state index is 14.8. The Labute approximate surface area is 184 Å². The third-order valence-corrected chi connectivity index (χ3v) is 6.29. The van der Waals surface area contributed by atoms with Crippen LogP contribution in [0.15, 0.2) is 18.2 Å². The molecule has 0 amide bonds. The summed E-state index contributed by atoms with van der Waals surface area (Å²) in [5.41, 5.74) is -1.17. The molecule has 0 aromatic heterocycles. The van der Waals surface area contributed by atoms with Crippen molar-refractivity contribution in [2.24, 2.45) is 0 Å². The van der Waals surface area contributed by atoms with Crippen molar-refractivity contribution >= 4 is 11.6 Å². The number of methoxy groups -OCH3 is 1. The Bertz CT molecular complexity index is 1120. The summed E-state index contributed by atoms with van der Waals surface area (Å²) >= 11 is 6.02. The van der Waals surface area contributed by atoms with Gasteiger partial charge < -0.3 is 9.47 Å². The molecule has 2 aromatic carbocycles. The van der Waals surface area contributed by atoms with Crippen molar-refractivity contribution in [1.29, 1.82) is 5.26 Å². The van der Waals surface area contributed by atoms with E-state index in [2.05, 4.69) is 4.74 Å². The minimum atomic E-state index is -3.48. The average molecular weight is 476 g/mol. The number of nitrogens with zero attached hydrogens (tertiary/aromatic N) is 1. The fourth-order valence-electron chi connectivity index (χ4n) is 4.65. The van der Waals surface area contributed by atoms with Crippen LogP contribution in [0.5, 0.6) is 0 Å². The van der Waals surface area contributed by atoms with Crippen LogP contribution in [-0.4, -0.2) is 26.0 Å². The largest absolute Gasteiger partial charge is 0.359 e. The van der Waals surface area contributed by atoms with Gasteiger partial charge in [0, 0.05) is 25.0 Å². The van der Waals surface area contributed by atoms with Gasteiger partial charge >= 0.3 is 0 Å². The van der Waals surface area contributed by atoms with Crippen LogP contribution in [0.2, 0.25) is 5.02 Å². The highest BCUT2D eigenvalue weighted by Gasteiger charge is 2.52. The molecule has 0 N–H and O–H groups in total. The highest BCUT2D eigenvalue weighted by molar-refractivity contribution is 6.31. The Morgan fingerprint density at radius 2 is 1.88 bits per heavy atom. The molecule has 170 valence electrons. The first-order chi connectivity index (χ1) is 15.1. The molecule has 4 rings (SSSR count). The molecule has 4 atom stereocenters. The summed E-state index contributed by atoms with van der Waals surface area (Å²) in [6.45, 7) is -0.512. The van der Waals surface area contributed by atoms with Crippen LogP contribution in [0, 0.1) is 23.0 Å². The van der Waals surface area contributed by atoms with Gasteiger partial charge in [0.15, 0.2) is 12.3 Å². The van der Waals surface area contributed by atoms with Crippen molar-refractivity contribution in [1.82, 2.24) is 0 Å². The van der Waals surface area contributed by atoms with Crippen LogP contribution >= 0.6 is 11.6 Å². The Morgan fingerprint density at radius 1 is 1.16 bits per heavy atom. The molecule has 0 bridgehead atoms. The van der Waals surface area contributed by atoms with E-state index in [9.17, 15) is 31.6 Å². The summed E-state index contributed by atoms with van der Waals surface area (Å²) in [6, 6.07) is 4.25. The predicted molar refractivity (Wildman–Crippen MR) is 102 cm³/mol. The van der Waals surface area contributed by atoms with Gasteiger partial charge in [-0.25, -0.2) is 26.3 Å². The minimum absolute atomic E-state index is 0.0520. The summed E-state index contributed by atoms with van der Waals surface area (Å²) in [6.07, 6.45) is -7.68. The quantitative estimate of drug-likeness (QED) is 0.389. The van der Waals surface area contributed by atoms with Crippen LogP contribution in [-0.2, 0) is 15.9 Å². The third kappa shape index (κ3) is 3.54. The number of alkyl halides is 4. The average Bonchev–Trinajstić information content (AvgIpc) is 3.01. The summed E-state index contributed by atoms with van der Waals surface area (Å²) < 4.78 is 97.3. The van der Waals surface area contributed by atoms with Gasteiger partial charge in [0.2, 0.25) is 0 Å². The number of fused-ring (bicyclic) bond motifs is 2. The number of ether oxygens (including phenoxy) is 2. The zero-order chi connectivity index (χ0) is 23.4. The molecule has 0 saturated heterocycles. The smallest absolute Gasteiger partial charge is 0.282 e. The second-order valence-corrected chi connectivity index (χ2v) is 8.20. The van der Waals surface area contributed by atoms with E-state index in [1.807, 2.05) is 0 Å². The summed E-state index contributed by atoms with van der Waals surface area (Å²) in [4.78, 5) is 0. The fourth-order valence-corrected chi connectivity index (χ4v) is 4.92. The van der Waals surface area contributed by atoms with Gasteiger partial charge in [-0.3, -0.25) is 0 Å². The molecule has 0 saturated carbocycles. The monoisotopic (exact) mass is 475 g/mol. The zero-order valence-electron chi connectivity index (χ0n) is 16.6. The van der Waals surface area contributed by atoms with Crippen LogP contribution in [0.3, 0.4) is 0 Å². The molecule has 32 heavy (non-hydrogen) atoms. The minimum Gasteiger partial charge on any atom is -0.359 e. The van der Waals surface area contributed by atoms with Crippen molar-refractivity contribution in [2.75, 3.05) is 13.9 Å². The topological polar surface area (TPSA) is 42.2 Å². The van der Waals surface area contributed by atoms with E-state index >= 15 is 0 Å². The van der Waals surface area contributed by atoms with E-state index in [4.69, 9.17) is 16.3 Å². The van der Waals surface area contributed by atoms with E-state index < -0.39 is 72.1 Å². The van der Waals surface area contributed by atoms with Crippen LogP contribution in [0.25, 0.3) is 0 Å². The van der Waals surface area contributed by atoms with Gasteiger partial charge in [0.05, 0.1) is 16.7 Å². The lowest BCUT2D eigenvalue weighted by Crippen LogP contribution is -2.26. The number of rotatable bonds is 4. The molecule has 10 heteroatoms. The van der Waals surface area contributed by atoms with Crippen molar-refractivity contribution in [3.05, 3.63) is 68.2 Å². The number of nitriles is 1. The van der Waals surface area contributed by atoms with Gasteiger partial charge in [0.25, 0.3) is 5.92 Å². The molecule has 2 aliphatic rings. The van der Waals surface area contributed by atoms with Crippen molar-refractivity contribution < 1.29 is 35.8 Å². The highest BCUT2D eigenvalue weighted by atomic mass is 35.5. The van der Waals surface area contributed by atoms with Crippen molar-refractivity contribution in [3.8, 4) is 6.07 Å². The van der Waals surface area contributed by atoms with Crippen LogP contribution < -0.4 is 0 Å². The second kappa shape index (κ2) is 8.25. The first kappa shape index (κ1) is 22.9. The van der Waals surface area contributed by atoms with E-state index in [0.717, 1.165) is 18.2 Å². The van der Waals surface area contributed by atoms with E-state index in [1.54, 1.807) is 6.07 Å². The molecule has 0 heterocycles. The molecule has 0 radical (unpaired) electrons.